The lowest BCUT2D eigenvalue weighted by atomic mass is 10.1. The van der Waals surface area contributed by atoms with Gasteiger partial charge in [0.15, 0.2) is 11.0 Å². The molecule has 0 aliphatic carbocycles. The molecule has 174 valence electrons. The van der Waals surface area contributed by atoms with Gasteiger partial charge in [0.05, 0.1) is 25.3 Å². The van der Waals surface area contributed by atoms with Gasteiger partial charge in [-0.15, -0.1) is 10.2 Å². The van der Waals surface area contributed by atoms with Crippen LogP contribution in [0.4, 0.5) is 5.69 Å². The Morgan fingerprint density at radius 2 is 1.76 bits per heavy atom. The zero-order valence-corrected chi connectivity index (χ0v) is 20.6. The fourth-order valence-electron chi connectivity index (χ4n) is 3.07. The molecule has 2 amide bonds. The third kappa shape index (κ3) is 7.12. The first-order valence-corrected chi connectivity index (χ1v) is 11.7. The molecular weight excluding hydrogens is 485 g/mol. The standard InChI is InChI=1S/C22H23Cl2N5O3S/c1-13(25-19(30)8-14-4-6-18(32-3)7-5-14)21-27-28-22(29(21)2)33-12-20(31)26-17-10-15(23)9-16(24)11-17/h4-7,9-11,13H,8,12H2,1-3H3,(H,25,30)(H,26,31)/t13-/m0/s1. The zero-order chi connectivity index (χ0) is 24.0. The van der Waals surface area contributed by atoms with E-state index in [2.05, 4.69) is 20.8 Å². The maximum atomic E-state index is 12.4. The summed E-state index contributed by atoms with van der Waals surface area (Å²) in [6, 6.07) is 11.8. The molecule has 3 aromatic rings. The van der Waals surface area contributed by atoms with E-state index < -0.39 is 0 Å². The molecule has 1 aromatic heterocycles. The van der Waals surface area contributed by atoms with Crippen LogP contribution in [0, 0.1) is 0 Å². The largest absolute Gasteiger partial charge is 0.497 e. The summed E-state index contributed by atoms with van der Waals surface area (Å²) in [6.07, 6.45) is 0.238. The Labute approximate surface area is 206 Å². The Kier molecular flexibility index (Phi) is 8.60. The molecule has 1 atom stereocenters. The number of benzene rings is 2. The SMILES string of the molecule is COc1ccc(CC(=O)N[C@@H](C)c2nnc(SCC(=O)Nc3cc(Cl)cc(Cl)c3)n2C)cc1. The highest BCUT2D eigenvalue weighted by molar-refractivity contribution is 7.99. The van der Waals surface area contributed by atoms with E-state index in [9.17, 15) is 9.59 Å². The molecule has 0 fully saturated rings. The van der Waals surface area contributed by atoms with Crippen molar-refractivity contribution in [3.8, 4) is 5.75 Å². The van der Waals surface area contributed by atoms with Crippen LogP contribution >= 0.6 is 35.0 Å². The Morgan fingerprint density at radius 3 is 2.39 bits per heavy atom. The van der Waals surface area contributed by atoms with Gasteiger partial charge in [-0.3, -0.25) is 9.59 Å². The summed E-state index contributed by atoms with van der Waals surface area (Å²) in [5, 5.41) is 15.4. The second kappa shape index (κ2) is 11.4. The smallest absolute Gasteiger partial charge is 0.234 e. The van der Waals surface area contributed by atoms with E-state index in [1.54, 1.807) is 36.9 Å². The van der Waals surface area contributed by atoms with Crippen molar-refractivity contribution in [3.05, 3.63) is 63.9 Å². The van der Waals surface area contributed by atoms with E-state index in [1.165, 1.54) is 11.8 Å². The number of ether oxygens (including phenoxy) is 1. The molecule has 2 aromatic carbocycles. The first-order valence-electron chi connectivity index (χ1n) is 9.95. The molecule has 0 radical (unpaired) electrons. The van der Waals surface area contributed by atoms with Crippen molar-refractivity contribution in [2.45, 2.75) is 24.5 Å². The number of thioether (sulfide) groups is 1. The van der Waals surface area contributed by atoms with Gasteiger partial charge in [-0.1, -0.05) is 47.1 Å². The van der Waals surface area contributed by atoms with Crippen LogP contribution in [0.25, 0.3) is 0 Å². The molecule has 0 aliphatic heterocycles. The number of nitrogens with zero attached hydrogens (tertiary/aromatic N) is 3. The maximum Gasteiger partial charge on any atom is 0.234 e. The first-order chi connectivity index (χ1) is 15.7. The fourth-order valence-corrected chi connectivity index (χ4v) is 4.31. The topological polar surface area (TPSA) is 98.1 Å². The second-order valence-corrected chi connectivity index (χ2v) is 9.02. The number of hydrogen-bond donors (Lipinski definition) is 2. The molecule has 0 spiro atoms. The summed E-state index contributed by atoms with van der Waals surface area (Å²) in [4.78, 5) is 24.7. The molecule has 1 heterocycles. The van der Waals surface area contributed by atoms with Crippen molar-refractivity contribution < 1.29 is 14.3 Å². The summed E-state index contributed by atoms with van der Waals surface area (Å²) in [7, 11) is 3.39. The van der Waals surface area contributed by atoms with E-state index >= 15 is 0 Å². The average molecular weight is 508 g/mol. The van der Waals surface area contributed by atoms with Crippen LogP contribution in [-0.4, -0.2) is 39.4 Å². The number of aromatic nitrogens is 3. The number of halogens is 2. The molecule has 0 saturated carbocycles. The highest BCUT2D eigenvalue weighted by Crippen LogP contribution is 2.24. The minimum absolute atomic E-state index is 0.119. The molecule has 0 saturated heterocycles. The molecule has 33 heavy (non-hydrogen) atoms. The summed E-state index contributed by atoms with van der Waals surface area (Å²) >= 11 is 13.1. The highest BCUT2D eigenvalue weighted by atomic mass is 35.5. The van der Waals surface area contributed by atoms with Crippen LogP contribution in [-0.2, 0) is 23.1 Å². The quantitative estimate of drug-likeness (QED) is 0.419. The summed E-state index contributed by atoms with van der Waals surface area (Å²) < 4.78 is 6.89. The van der Waals surface area contributed by atoms with Crippen LogP contribution < -0.4 is 15.4 Å². The summed E-state index contributed by atoms with van der Waals surface area (Å²) in [5.74, 6) is 1.08. The molecular formula is C22H23Cl2N5O3S. The van der Waals surface area contributed by atoms with Crippen LogP contribution in [0.3, 0.4) is 0 Å². The van der Waals surface area contributed by atoms with E-state index in [1.807, 2.05) is 31.2 Å². The van der Waals surface area contributed by atoms with Crippen molar-refractivity contribution in [2.75, 3.05) is 18.2 Å². The zero-order valence-electron chi connectivity index (χ0n) is 18.3. The van der Waals surface area contributed by atoms with Gasteiger partial charge < -0.3 is 19.9 Å². The number of nitrogens with one attached hydrogen (secondary N) is 2. The number of carbonyl (C=O) groups excluding carboxylic acids is 2. The number of hydrogen-bond acceptors (Lipinski definition) is 6. The highest BCUT2D eigenvalue weighted by Gasteiger charge is 2.18. The third-order valence-corrected chi connectivity index (χ3v) is 6.09. The maximum absolute atomic E-state index is 12.4. The van der Waals surface area contributed by atoms with E-state index in [0.29, 0.717) is 26.7 Å². The third-order valence-electron chi connectivity index (χ3n) is 4.64. The van der Waals surface area contributed by atoms with Gasteiger partial charge >= 0.3 is 0 Å². The van der Waals surface area contributed by atoms with Crippen molar-refractivity contribution in [2.24, 2.45) is 7.05 Å². The van der Waals surface area contributed by atoms with Crippen molar-refractivity contribution in [1.29, 1.82) is 0 Å². The number of anilines is 1. The van der Waals surface area contributed by atoms with Gasteiger partial charge in [0.25, 0.3) is 0 Å². The van der Waals surface area contributed by atoms with Gasteiger partial charge in [0, 0.05) is 22.8 Å². The monoisotopic (exact) mass is 507 g/mol. The predicted octanol–water partition coefficient (Wildman–Crippen LogP) is 4.28. The summed E-state index contributed by atoms with van der Waals surface area (Å²) in [6.45, 7) is 1.83. The number of amides is 2. The lowest BCUT2D eigenvalue weighted by Gasteiger charge is -2.14. The Balaban J connectivity index is 1.53. The number of rotatable bonds is 9. The van der Waals surface area contributed by atoms with Crippen molar-refractivity contribution >= 4 is 52.5 Å². The molecule has 3 rings (SSSR count). The lowest BCUT2D eigenvalue weighted by molar-refractivity contribution is -0.121. The fraction of sp³-hybridized carbons (Fsp3) is 0.273. The van der Waals surface area contributed by atoms with Gasteiger partial charge in [0.1, 0.15) is 5.75 Å². The van der Waals surface area contributed by atoms with Crippen LogP contribution in [0.5, 0.6) is 5.75 Å². The van der Waals surface area contributed by atoms with E-state index in [0.717, 1.165) is 11.3 Å². The number of methoxy groups -OCH3 is 1. The van der Waals surface area contributed by atoms with Gasteiger partial charge in [-0.25, -0.2) is 0 Å². The molecule has 11 heteroatoms. The van der Waals surface area contributed by atoms with Gasteiger partial charge in [-0.05, 0) is 42.8 Å². The second-order valence-electron chi connectivity index (χ2n) is 7.21. The first kappa shape index (κ1) is 24.9. The van der Waals surface area contributed by atoms with Crippen molar-refractivity contribution in [1.82, 2.24) is 20.1 Å². The minimum Gasteiger partial charge on any atom is -0.497 e. The molecule has 0 bridgehead atoms. The Morgan fingerprint density at radius 1 is 1.09 bits per heavy atom. The Bertz CT molecular complexity index is 1120. The minimum atomic E-state index is -0.356. The normalized spacial score (nSPS) is 11.7. The van der Waals surface area contributed by atoms with Crippen molar-refractivity contribution in [3.63, 3.8) is 0 Å². The molecule has 0 unspecified atom stereocenters. The van der Waals surface area contributed by atoms with E-state index in [-0.39, 0.29) is 30.0 Å². The van der Waals surface area contributed by atoms with E-state index in [4.69, 9.17) is 27.9 Å². The predicted molar refractivity (Wildman–Crippen MR) is 130 cm³/mol. The molecule has 2 N–H and O–H groups in total. The summed E-state index contributed by atoms with van der Waals surface area (Å²) in [5.41, 5.74) is 1.40. The average Bonchev–Trinajstić information content (AvgIpc) is 3.12. The van der Waals surface area contributed by atoms with Gasteiger partial charge in [0.2, 0.25) is 11.8 Å². The van der Waals surface area contributed by atoms with Crippen LogP contribution in [0.2, 0.25) is 10.0 Å². The van der Waals surface area contributed by atoms with Crippen LogP contribution in [0.15, 0.2) is 47.6 Å². The Hall–Kier alpha value is -2.75. The van der Waals surface area contributed by atoms with Gasteiger partial charge in [-0.2, -0.15) is 0 Å². The van der Waals surface area contributed by atoms with Crippen LogP contribution in [0.1, 0.15) is 24.4 Å². The lowest BCUT2D eigenvalue weighted by Crippen LogP contribution is -2.29. The molecule has 8 nitrogen and oxygen atoms in total. The molecule has 0 aliphatic rings. The number of carbonyl (C=O) groups is 2.